The van der Waals surface area contributed by atoms with Crippen LogP contribution in [-0.2, 0) is 0 Å². The third-order valence-corrected chi connectivity index (χ3v) is 13.8. The lowest BCUT2D eigenvalue weighted by Crippen LogP contribution is -1.98. The molecule has 11 aromatic carbocycles. The lowest BCUT2D eigenvalue weighted by atomic mass is 9.85. The highest BCUT2D eigenvalue weighted by atomic mass is 15.0. The monoisotopic (exact) mass is 862 g/mol. The van der Waals surface area contributed by atoms with Gasteiger partial charge in [0, 0.05) is 32.9 Å². The highest BCUT2D eigenvalue weighted by Crippen LogP contribution is 2.47. The molecular weight excluding hydrogens is 825 g/mol. The third-order valence-electron chi connectivity index (χ3n) is 13.8. The summed E-state index contributed by atoms with van der Waals surface area (Å²) in [5.74, 6) is 0. The van der Waals surface area contributed by atoms with Crippen molar-refractivity contribution in [2.24, 2.45) is 0 Å². The van der Waals surface area contributed by atoms with Gasteiger partial charge >= 0.3 is 0 Å². The van der Waals surface area contributed by atoms with Gasteiger partial charge in [0.15, 0.2) is 5.69 Å². The first-order valence-corrected chi connectivity index (χ1v) is 22.8. The van der Waals surface area contributed by atoms with E-state index in [0.717, 1.165) is 71.9 Å². The van der Waals surface area contributed by atoms with E-state index in [1.165, 1.54) is 49.2 Å². The van der Waals surface area contributed by atoms with Crippen LogP contribution < -0.4 is 0 Å². The van der Waals surface area contributed by atoms with Crippen molar-refractivity contribution in [2.45, 2.75) is 0 Å². The van der Waals surface area contributed by atoms with Crippen LogP contribution in [0.1, 0.15) is 5.56 Å². The highest BCUT2D eigenvalue weighted by molar-refractivity contribution is 6.23. The van der Waals surface area contributed by atoms with Crippen LogP contribution in [0.5, 0.6) is 0 Å². The number of hydrogen-bond acceptors (Lipinski definition) is 1. The molecule has 0 fully saturated rings. The Balaban J connectivity index is 1.12. The highest BCUT2D eigenvalue weighted by Gasteiger charge is 2.21. The third kappa shape index (κ3) is 6.13. The summed E-state index contributed by atoms with van der Waals surface area (Å²) in [6, 6.07) is 84.6. The molecule has 0 aliphatic rings. The van der Waals surface area contributed by atoms with Gasteiger partial charge < -0.3 is 9.13 Å². The second kappa shape index (κ2) is 15.6. The van der Waals surface area contributed by atoms with Crippen LogP contribution in [0.4, 0.5) is 5.69 Å². The summed E-state index contributed by atoms with van der Waals surface area (Å²) in [6.07, 6.45) is 0. The van der Waals surface area contributed by atoms with Crippen LogP contribution in [-0.4, -0.2) is 9.13 Å². The fraction of sp³-hybridized carbons (Fsp3) is 0. The minimum Gasteiger partial charge on any atom is -0.309 e. The van der Waals surface area contributed by atoms with E-state index in [2.05, 4.69) is 202 Å². The molecule has 0 bridgehead atoms. The fourth-order valence-electron chi connectivity index (χ4n) is 10.6. The van der Waals surface area contributed by atoms with E-state index < -0.39 is 0 Å². The van der Waals surface area contributed by atoms with Crippen LogP contribution in [0.25, 0.3) is 126 Å². The molecule has 13 rings (SSSR count). The Bertz CT molecular complexity index is 3850. The number of benzene rings is 11. The zero-order valence-corrected chi connectivity index (χ0v) is 36.7. The van der Waals surface area contributed by atoms with Crippen molar-refractivity contribution >= 4 is 70.8 Å². The van der Waals surface area contributed by atoms with E-state index in [0.29, 0.717) is 11.3 Å². The average Bonchev–Trinajstić information content (AvgIpc) is 3.93. The molecule has 0 radical (unpaired) electrons. The van der Waals surface area contributed by atoms with Crippen LogP contribution in [0.3, 0.4) is 0 Å². The molecule has 0 saturated carbocycles. The summed E-state index contributed by atoms with van der Waals surface area (Å²) in [5, 5.41) is 19.0. The summed E-state index contributed by atoms with van der Waals surface area (Å²) < 4.78 is 4.82. The Kier molecular flexibility index (Phi) is 8.93. The van der Waals surface area contributed by atoms with E-state index in [4.69, 9.17) is 6.57 Å². The number of rotatable bonds is 6. The number of hydrogen-bond donors (Lipinski definition) is 0. The number of para-hydroxylation sites is 4. The van der Waals surface area contributed by atoms with Gasteiger partial charge in [-0.1, -0.05) is 170 Å². The van der Waals surface area contributed by atoms with Crippen molar-refractivity contribution in [3.8, 4) is 62.0 Å². The maximum absolute atomic E-state index is 9.49. The van der Waals surface area contributed by atoms with Crippen molar-refractivity contribution in [1.82, 2.24) is 9.13 Å². The van der Waals surface area contributed by atoms with Gasteiger partial charge in [0.1, 0.15) is 0 Å². The summed E-state index contributed by atoms with van der Waals surface area (Å²) >= 11 is 0. The van der Waals surface area contributed by atoms with Gasteiger partial charge in [0.05, 0.1) is 40.3 Å². The molecule has 2 aromatic heterocycles. The Morgan fingerprint density at radius 1 is 0.324 bits per heavy atom. The number of aromatic nitrogens is 2. The fourth-order valence-corrected chi connectivity index (χ4v) is 10.6. The number of fused-ring (bicyclic) bond motifs is 8. The molecule has 314 valence electrons. The predicted octanol–water partition coefficient (Wildman–Crippen LogP) is 17.3. The van der Waals surface area contributed by atoms with Gasteiger partial charge in [-0.25, -0.2) is 4.85 Å². The first-order chi connectivity index (χ1) is 33.6. The van der Waals surface area contributed by atoms with Crippen LogP contribution in [0, 0.1) is 17.9 Å². The number of nitriles is 1. The normalized spacial score (nSPS) is 11.5. The van der Waals surface area contributed by atoms with Crippen molar-refractivity contribution in [3.63, 3.8) is 0 Å². The Labute approximate surface area is 392 Å². The molecule has 0 aliphatic carbocycles. The zero-order valence-electron chi connectivity index (χ0n) is 36.7. The second-order valence-corrected chi connectivity index (χ2v) is 17.5. The SMILES string of the molecule is [C-]#[N+]c1ccc(-c2ccc(-c3c4ccc(-n5c6ccccc6c6ccccc65)cc4c(-c4ccc(-c5ccc(C#N)cc5)cc4)c4ccc(-n5c6ccccc6c6ccccc65)cc34)cc2)cc1. The van der Waals surface area contributed by atoms with Crippen molar-refractivity contribution in [3.05, 3.63) is 248 Å². The van der Waals surface area contributed by atoms with Gasteiger partial charge in [-0.2, -0.15) is 5.26 Å². The minimum atomic E-state index is 0.631. The molecule has 4 nitrogen and oxygen atoms in total. The Morgan fingerprint density at radius 2 is 0.647 bits per heavy atom. The molecule has 0 spiro atoms. The molecule has 2 heterocycles. The largest absolute Gasteiger partial charge is 0.309 e. The second-order valence-electron chi connectivity index (χ2n) is 17.5. The molecule has 0 unspecified atom stereocenters. The first kappa shape index (κ1) is 38.9. The van der Waals surface area contributed by atoms with Crippen LogP contribution in [0.2, 0.25) is 0 Å². The quantitative estimate of drug-likeness (QED) is 0.121. The van der Waals surface area contributed by atoms with E-state index in [1.54, 1.807) is 0 Å². The van der Waals surface area contributed by atoms with Crippen molar-refractivity contribution in [1.29, 1.82) is 5.26 Å². The van der Waals surface area contributed by atoms with Crippen LogP contribution >= 0.6 is 0 Å². The number of nitrogens with zero attached hydrogens (tertiary/aromatic N) is 4. The lowest BCUT2D eigenvalue weighted by Gasteiger charge is -2.21. The van der Waals surface area contributed by atoms with E-state index in [9.17, 15) is 5.26 Å². The summed E-state index contributed by atoms with van der Waals surface area (Å²) in [7, 11) is 0. The molecule has 0 saturated heterocycles. The molecule has 0 N–H and O–H groups in total. The van der Waals surface area contributed by atoms with Gasteiger partial charge in [-0.3, -0.25) is 0 Å². The summed E-state index contributed by atoms with van der Waals surface area (Å²) in [4.78, 5) is 3.62. The standard InChI is InChI=1S/C64H38N4/c1-66-48-32-30-45(31-33-48)44-24-28-47(29-25-44)64-56-37-35-49(67-59-14-6-2-10-51(59)52-11-3-7-15-60(52)67)38-57(56)63(46-26-22-43(23-27-46)42-20-18-41(40-65)19-21-42)55-36-34-50(39-58(55)64)68-61-16-8-4-12-53(61)54-13-5-9-17-62(54)68/h2-39H. The molecular formula is C64H38N4. The summed E-state index contributed by atoms with van der Waals surface area (Å²) in [5.41, 5.74) is 17.0. The van der Waals surface area contributed by atoms with E-state index in [-0.39, 0.29) is 0 Å². The molecule has 13 aromatic rings. The average molecular weight is 863 g/mol. The van der Waals surface area contributed by atoms with Gasteiger partial charge in [-0.05, 0) is 127 Å². The smallest absolute Gasteiger partial charge is 0.187 e. The molecule has 0 amide bonds. The maximum Gasteiger partial charge on any atom is 0.187 e. The molecule has 0 atom stereocenters. The van der Waals surface area contributed by atoms with Crippen molar-refractivity contribution in [2.75, 3.05) is 0 Å². The van der Waals surface area contributed by atoms with Gasteiger partial charge in [0.25, 0.3) is 0 Å². The van der Waals surface area contributed by atoms with Gasteiger partial charge in [-0.15, -0.1) is 0 Å². The van der Waals surface area contributed by atoms with Gasteiger partial charge in [0.2, 0.25) is 0 Å². The van der Waals surface area contributed by atoms with E-state index in [1.807, 2.05) is 48.5 Å². The first-order valence-electron chi connectivity index (χ1n) is 22.8. The molecule has 0 aliphatic heterocycles. The summed E-state index contributed by atoms with van der Waals surface area (Å²) in [6.45, 7) is 7.48. The molecule has 4 heteroatoms. The van der Waals surface area contributed by atoms with E-state index >= 15 is 0 Å². The lowest BCUT2D eigenvalue weighted by molar-refractivity contribution is 1.18. The van der Waals surface area contributed by atoms with Crippen LogP contribution in [0.15, 0.2) is 231 Å². The predicted molar refractivity (Wildman–Crippen MR) is 283 cm³/mol. The Hall–Kier alpha value is -9.48. The maximum atomic E-state index is 9.49. The topological polar surface area (TPSA) is 38.0 Å². The minimum absolute atomic E-state index is 0.631. The van der Waals surface area contributed by atoms with Crippen molar-refractivity contribution < 1.29 is 0 Å². The Morgan fingerprint density at radius 3 is 1.00 bits per heavy atom. The zero-order chi connectivity index (χ0) is 45.3. The molecule has 68 heavy (non-hydrogen) atoms.